The van der Waals surface area contributed by atoms with Crippen molar-refractivity contribution in [3.8, 4) is 0 Å². The van der Waals surface area contributed by atoms with Crippen molar-refractivity contribution in [2.24, 2.45) is 0 Å². The fourth-order valence-corrected chi connectivity index (χ4v) is 3.42. The van der Waals surface area contributed by atoms with E-state index in [1.165, 1.54) is 19.3 Å². The molecular formula is C19H32N4O3. The predicted molar refractivity (Wildman–Crippen MR) is 99.3 cm³/mol. The van der Waals surface area contributed by atoms with E-state index in [-0.39, 0.29) is 43.8 Å². The van der Waals surface area contributed by atoms with Gasteiger partial charge < -0.3 is 20.3 Å². The summed E-state index contributed by atoms with van der Waals surface area (Å²) >= 11 is 0. The molecule has 0 aromatic carbocycles. The van der Waals surface area contributed by atoms with Gasteiger partial charge in [-0.2, -0.15) is 0 Å². The van der Waals surface area contributed by atoms with Crippen molar-refractivity contribution < 1.29 is 14.7 Å². The predicted octanol–water partition coefficient (Wildman–Crippen LogP) is 2.05. The molecule has 0 spiro atoms. The molecule has 1 aromatic rings. The molecule has 26 heavy (non-hydrogen) atoms. The molecule has 0 radical (unpaired) electrons. The van der Waals surface area contributed by atoms with Gasteiger partial charge in [-0.15, -0.1) is 0 Å². The minimum atomic E-state index is -0.130. The molecule has 1 aromatic heterocycles. The van der Waals surface area contributed by atoms with Crippen molar-refractivity contribution in [2.45, 2.75) is 77.3 Å². The molecule has 2 amide bonds. The van der Waals surface area contributed by atoms with E-state index >= 15 is 0 Å². The van der Waals surface area contributed by atoms with Crippen LogP contribution in [0.2, 0.25) is 0 Å². The SMILES string of the molecule is Cc1[nH]cnc1CN(CCO)C(=O)CCC(=O)NC1CCCCCCC1. The largest absolute Gasteiger partial charge is 0.395 e. The van der Waals surface area contributed by atoms with Gasteiger partial charge in [0.15, 0.2) is 0 Å². The third-order valence-corrected chi connectivity index (χ3v) is 5.03. The lowest BCUT2D eigenvalue weighted by atomic mass is 9.96. The Morgan fingerprint density at radius 2 is 1.92 bits per heavy atom. The molecule has 1 heterocycles. The number of rotatable bonds is 8. The number of hydrogen-bond donors (Lipinski definition) is 3. The number of aliphatic hydroxyl groups excluding tert-OH is 1. The summed E-state index contributed by atoms with van der Waals surface area (Å²) in [5, 5.41) is 12.3. The van der Waals surface area contributed by atoms with Crippen LogP contribution in [0.15, 0.2) is 6.33 Å². The average Bonchev–Trinajstić information content (AvgIpc) is 2.99. The van der Waals surface area contributed by atoms with Crippen LogP contribution in [0.5, 0.6) is 0 Å². The molecule has 1 aliphatic rings. The van der Waals surface area contributed by atoms with Crippen LogP contribution in [0.4, 0.5) is 0 Å². The molecular weight excluding hydrogens is 332 g/mol. The topological polar surface area (TPSA) is 98.3 Å². The van der Waals surface area contributed by atoms with E-state index in [9.17, 15) is 14.7 Å². The van der Waals surface area contributed by atoms with Crippen molar-refractivity contribution in [3.05, 3.63) is 17.7 Å². The van der Waals surface area contributed by atoms with Crippen LogP contribution in [-0.4, -0.2) is 51.0 Å². The van der Waals surface area contributed by atoms with Gasteiger partial charge in [0.2, 0.25) is 11.8 Å². The van der Waals surface area contributed by atoms with Gasteiger partial charge in [0.25, 0.3) is 0 Å². The number of carbonyl (C=O) groups excluding carboxylic acids is 2. The Balaban J connectivity index is 1.78. The Morgan fingerprint density at radius 1 is 1.23 bits per heavy atom. The smallest absolute Gasteiger partial charge is 0.223 e. The number of aromatic amines is 1. The van der Waals surface area contributed by atoms with Crippen molar-refractivity contribution in [3.63, 3.8) is 0 Å². The number of aromatic nitrogens is 2. The Labute approximate surface area is 155 Å². The molecule has 7 nitrogen and oxygen atoms in total. The maximum atomic E-state index is 12.5. The molecule has 0 saturated heterocycles. The highest BCUT2D eigenvalue weighted by molar-refractivity contribution is 5.83. The van der Waals surface area contributed by atoms with Crippen molar-refractivity contribution in [2.75, 3.05) is 13.2 Å². The molecule has 2 rings (SSSR count). The third kappa shape index (κ3) is 6.78. The summed E-state index contributed by atoms with van der Waals surface area (Å²) in [6, 6.07) is 0.248. The highest BCUT2D eigenvalue weighted by Gasteiger charge is 2.19. The van der Waals surface area contributed by atoms with E-state index < -0.39 is 0 Å². The molecule has 0 unspecified atom stereocenters. The van der Waals surface area contributed by atoms with E-state index in [1.54, 1.807) is 11.2 Å². The highest BCUT2D eigenvalue weighted by Crippen LogP contribution is 2.17. The number of nitrogens with one attached hydrogen (secondary N) is 2. The van der Waals surface area contributed by atoms with Crippen molar-refractivity contribution in [1.82, 2.24) is 20.2 Å². The summed E-state index contributed by atoms with van der Waals surface area (Å²) < 4.78 is 0. The number of carbonyl (C=O) groups is 2. The summed E-state index contributed by atoms with van der Waals surface area (Å²) in [7, 11) is 0. The van der Waals surface area contributed by atoms with Crippen LogP contribution >= 0.6 is 0 Å². The number of hydrogen-bond acceptors (Lipinski definition) is 4. The van der Waals surface area contributed by atoms with Crippen LogP contribution in [0.3, 0.4) is 0 Å². The van der Waals surface area contributed by atoms with Gasteiger partial charge in [-0.05, 0) is 19.8 Å². The van der Waals surface area contributed by atoms with Crippen molar-refractivity contribution in [1.29, 1.82) is 0 Å². The van der Waals surface area contributed by atoms with Crippen LogP contribution < -0.4 is 5.32 Å². The van der Waals surface area contributed by atoms with Gasteiger partial charge in [0, 0.05) is 31.1 Å². The number of H-pyrrole nitrogens is 1. The summed E-state index contributed by atoms with van der Waals surface area (Å²) in [4.78, 5) is 33.4. The van der Waals surface area contributed by atoms with Gasteiger partial charge in [-0.25, -0.2) is 4.98 Å². The molecule has 3 N–H and O–H groups in total. The van der Waals surface area contributed by atoms with E-state index in [2.05, 4.69) is 15.3 Å². The van der Waals surface area contributed by atoms with Gasteiger partial charge in [-0.1, -0.05) is 32.1 Å². The summed E-state index contributed by atoms with van der Waals surface area (Å²) in [6.07, 6.45) is 10.1. The Morgan fingerprint density at radius 3 is 2.54 bits per heavy atom. The highest BCUT2D eigenvalue weighted by atomic mass is 16.3. The monoisotopic (exact) mass is 364 g/mol. The minimum Gasteiger partial charge on any atom is -0.395 e. The average molecular weight is 364 g/mol. The second-order valence-electron chi connectivity index (χ2n) is 7.12. The van der Waals surface area contributed by atoms with Crippen LogP contribution in [0.25, 0.3) is 0 Å². The normalized spacial score (nSPS) is 15.9. The summed E-state index contributed by atoms with van der Waals surface area (Å²) in [5.41, 5.74) is 1.69. The van der Waals surface area contributed by atoms with E-state index in [1.807, 2.05) is 6.92 Å². The van der Waals surface area contributed by atoms with Gasteiger partial charge in [0.05, 0.1) is 25.2 Å². The molecule has 146 valence electrons. The third-order valence-electron chi connectivity index (χ3n) is 5.03. The molecule has 7 heteroatoms. The first-order valence-corrected chi connectivity index (χ1v) is 9.77. The van der Waals surface area contributed by atoms with Gasteiger partial charge >= 0.3 is 0 Å². The lowest BCUT2D eigenvalue weighted by molar-refractivity contribution is -0.134. The number of aliphatic hydroxyl groups is 1. The van der Waals surface area contributed by atoms with Crippen LogP contribution in [0, 0.1) is 6.92 Å². The number of amides is 2. The number of aryl methyl sites for hydroxylation is 1. The molecule has 0 aliphatic heterocycles. The Bertz CT molecular complexity index is 565. The van der Waals surface area contributed by atoms with Gasteiger partial charge in [0.1, 0.15) is 0 Å². The number of imidazole rings is 1. The lowest BCUT2D eigenvalue weighted by Crippen LogP contribution is -2.37. The maximum absolute atomic E-state index is 12.5. The van der Waals surface area contributed by atoms with Crippen molar-refractivity contribution >= 4 is 11.8 Å². The van der Waals surface area contributed by atoms with Crippen LogP contribution in [-0.2, 0) is 16.1 Å². The zero-order valence-corrected chi connectivity index (χ0v) is 15.8. The fourth-order valence-electron chi connectivity index (χ4n) is 3.42. The summed E-state index contributed by atoms with van der Waals surface area (Å²) in [6.45, 7) is 2.38. The van der Waals surface area contributed by atoms with Gasteiger partial charge in [-0.3, -0.25) is 9.59 Å². The Kier molecular flexibility index (Phi) is 8.61. The quantitative estimate of drug-likeness (QED) is 0.657. The molecule has 1 aliphatic carbocycles. The van der Waals surface area contributed by atoms with E-state index in [0.717, 1.165) is 37.1 Å². The van der Waals surface area contributed by atoms with Crippen LogP contribution in [0.1, 0.15) is 69.2 Å². The second kappa shape index (κ2) is 11.0. The Hall–Kier alpha value is -1.89. The first kappa shape index (κ1) is 20.4. The molecule has 0 atom stereocenters. The van der Waals surface area contributed by atoms with E-state index in [0.29, 0.717) is 6.54 Å². The first-order chi connectivity index (χ1) is 12.6. The molecule has 1 saturated carbocycles. The maximum Gasteiger partial charge on any atom is 0.223 e. The molecule has 1 fully saturated rings. The van der Waals surface area contributed by atoms with E-state index in [4.69, 9.17) is 0 Å². The number of nitrogens with zero attached hydrogens (tertiary/aromatic N) is 2. The fraction of sp³-hybridized carbons (Fsp3) is 0.737. The zero-order chi connectivity index (χ0) is 18.8. The summed E-state index contributed by atoms with van der Waals surface area (Å²) in [5.74, 6) is -0.182. The second-order valence-corrected chi connectivity index (χ2v) is 7.12. The first-order valence-electron chi connectivity index (χ1n) is 9.77. The zero-order valence-electron chi connectivity index (χ0n) is 15.8. The minimum absolute atomic E-state index is 0.0520. The lowest BCUT2D eigenvalue weighted by Gasteiger charge is -2.23. The molecule has 0 bridgehead atoms. The standard InChI is InChI=1S/C19H32N4O3/c1-15-17(21-14-20-15)13-23(11-12-24)19(26)10-9-18(25)22-16-7-5-3-2-4-6-8-16/h14,16,24H,2-13H2,1H3,(H,20,21)(H,22,25).